The molecule has 92 valence electrons. The maximum absolute atomic E-state index is 11.4. The molecule has 4 heteroatoms. The average molecular weight is 236 g/mol. The fourth-order valence-corrected chi connectivity index (χ4v) is 1.59. The van der Waals surface area contributed by atoms with Crippen LogP contribution in [-0.4, -0.2) is 26.5 Å². The Labute approximate surface area is 101 Å². The van der Waals surface area contributed by atoms with Crippen molar-refractivity contribution in [1.29, 1.82) is 0 Å². The van der Waals surface area contributed by atoms with Crippen LogP contribution < -0.4 is 4.74 Å². The Bertz CT molecular complexity index is 398. The van der Waals surface area contributed by atoms with Gasteiger partial charge in [0.05, 0.1) is 19.8 Å². The topological polar surface area (TPSA) is 52.6 Å². The van der Waals surface area contributed by atoms with Crippen LogP contribution in [0, 0.1) is 0 Å². The molecule has 0 aliphatic carbocycles. The summed E-state index contributed by atoms with van der Waals surface area (Å²) in [6, 6.07) is 5.14. The van der Waals surface area contributed by atoms with Gasteiger partial charge in [-0.2, -0.15) is 0 Å². The SMILES string of the molecule is COC(=O)c1ccc(OC)c(CCCC=O)c1. The van der Waals surface area contributed by atoms with E-state index in [1.165, 1.54) is 7.11 Å². The zero-order valence-electron chi connectivity index (χ0n) is 10.1. The lowest BCUT2D eigenvalue weighted by Crippen LogP contribution is -2.03. The van der Waals surface area contributed by atoms with Crippen molar-refractivity contribution in [3.63, 3.8) is 0 Å². The van der Waals surface area contributed by atoms with E-state index in [4.69, 9.17) is 4.74 Å². The van der Waals surface area contributed by atoms with E-state index in [-0.39, 0.29) is 5.97 Å². The number of hydrogen-bond donors (Lipinski definition) is 0. The van der Waals surface area contributed by atoms with E-state index in [0.717, 1.165) is 24.0 Å². The minimum Gasteiger partial charge on any atom is -0.496 e. The first kappa shape index (κ1) is 13.2. The highest BCUT2D eigenvalue weighted by Crippen LogP contribution is 2.22. The number of carbonyl (C=O) groups is 2. The fraction of sp³-hybridized carbons (Fsp3) is 0.385. The smallest absolute Gasteiger partial charge is 0.337 e. The van der Waals surface area contributed by atoms with E-state index in [1.54, 1.807) is 25.3 Å². The van der Waals surface area contributed by atoms with Gasteiger partial charge in [-0.05, 0) is 36.6 Å². The summed E-state index contributed by atoms with van der Waals surface area (Å²) in [6.45, 7) is 0. The molecule has 0 saturated heterocycles. The van der Waals surface area contributed by atoms with Crippen molar-refractivity contribution >= 4 is 12.3 Å². The number of aldehydes is 1. The molecule has 0 aromatic heterocycles. The van der Waals surface area contributed by atoms with Gasteiger partial charge in [0.25, 0.3) is 0 Å². The molecule has 0 N–H and O–H groups in total. The zero-order chi connectivity index (χ0) is 12.7. The zero-order valence-corrected chi connectivity index (χ0v) is 10.1. The first-order chi connectivity index (χ1) is 8.22. The first-order valence-electron chi connectivity index (χ1n) is 5.41. The van der Waals surface area contributed by atoms with Crippen molar-refractivity contribution < 1.29 is 19.1 Å². The quantitative estimate of drug-likeness (QED) is 0.430. The molecule has 1 aromatic carbocycles. The number of methoxy groups -OCH3 is 2. The molecule has 0 aliphatic heterocycles. The van der Waals surface area contributed by atoms with Crippen molar-refractivity contribution in [2.45, 2.75) is 19.3 Å². The Hall–Kier alpha value is -1.84. The molecule has 0 radical (unpaired) electrons. The molecule has 0 saturated carbocycles. The highest BCUT2D eigenvalue weighted by molar-refractivity contribution is 5.89. The maximum atomic E-state index is 11.4. The first-order valence-corrected chi connectivity index (χ1v) is 5.41. The van der Waals surface area contributed by atoms with Gasteiger partial charge in [-0.3, -0.25) is 0 Å². The lowest BCUT2D eigenvalue weighted by molar-refractivity contribution is -0.107. The van der Waals surface area contributed by atoms with Crippen LogP contribution in [0.3, 0.4) is 0 Å². The number of esters is 1. The lowest BCUT2D eigenvalue weighted by Gasteiger charge is -2.09. The second-order valence-corrected chi connectivity index (χ2v) is 3.58. The maximum Gasteiger partial charge on any atom is 0.337 e. The largest absolute Gasteiger partial charge is 0.496 e. The molecular weight excluding hydrogens is 220 g/mol. The van der Waals surface area contributed by atoms with Gasteiger partial charge in [-0.15, -0.1) is 0 Å². The van der Waals surface area contributed by atoms with E-state index in [9.17, 15) is 9.59 Å². The van der Waals surface area contributed by atoms with Gasteiger partial charge >= 0.3 is 5.97 Å². The van der Waals surface area contributed by atoms with E-state index in [0.29, 0.717) is 18.4 Å². The Balaban J connectivity index is 2.89. The van der Waals surface area contributed by atoms with Gasteiger partial charge in [0.1, 0.15) is 12.0 Å². The third kappa shape index (κ3) is 3.59. The second kappa shape index (κ2) is 6.68. The summed E-state index contributed by atoms with van der Waals surface area (Å²) in [4.78, 5) is 21.6. The van der Waals surface area contributed by atoms with Crippen molar-refractivity contribution in [1.82, 2.24) is 0 Å². The fourth-order valence-electron chi connectivity index (χ4n) is 1.59. The highest BCUT2D eigenvalue weighted by atomic mass is 16.5. The third-order valence-corrected chi connectivity index (χ3v) is 2.47. The summed E-state index contributed by atoms with van der Waals surface area (Å²) in [6.07, 6.45) is 2.83. The number of benzene rings is 1. The molecule has 1 rings (SSSR count). The predicted octanol–water partition coefficient (Wildman–Crippen LogP) is 2.00. The molecule has 0 heterocycles. The van der Waals surface area contributed by atoms with Gasteiger partial charge in [0.2, 0.25) is 0 Å². The number of ether oxygens (including phenoxy) is 2. The molecule has 0 amide bonds. The number of aryl methyl sites for hydroxylation is 1. The molecular formula is C13H16O4. The number of hydrogen-bond acceptors (Lipinski definition) is 4. The summed E-state index contributed by atoms with van der Waals surface area (Å²) in [7, 11) is 2.93. The van der Waals surface area contributed by atoms with Crippen molar-refractivity contribution in [3.05, 3.63) is 29.3 Å². The van der Waals surface area contributed by atoms with Crippen LogP contribution in [-0.2, 0) is 16.0 Å². The molecule has 1 aromatic rings. The standard InChI is InChI=1S/C13H16O4/c1-16-12-7-6-11(13(15)17-2)9-10(12)5-3-4-8-14/h6-9H,3-5H2,1-2H3. The van der Waals surface area contributed by atoms with Gasteiger partial charge < -0.3 is 14.3 Å². The molecule has 0 unspecified atom stereocenters. The van der Waals surface area contributed by atoms with E-state index in [1.807, 2.05) is 0 Å². The van der Waals surface area contributed by atoms with Gasteiger partial charge in [0.15, 0.2) is 0 Å². The molecule has 0 atom stereocenters. The van der Waals surface area contributed by atoms with Gasteiger partial charge in [-0.1, -0.05) is 0 Å². The Morgan fingerprint density at radius 2 is 2.12 bits per heavy atom. The van der Waals surface area contributed by atoms with E-state index < -0.39 is 0 Å². The normalized spacial score (nSPS) is 9.76. The Morgan fingerprint density at radius 3 is 2.71 bits per heavy atom. The van der Waals surface area contributed by atoms with E-state index >= 15 is 0 Å². The molecule has 17 heavy (non-hydrogen) atoms. The summed E-state index contributed by atoms with van der Waals surface area (Å²) in [5, 5.41) is 0. The minimum absolute atomic E-state index is 0.371. The molecule has 0 spiro atoms. The molecule has 4 nitrogen and oxygen atoms in total. The van der Waals surface area contributed by atoms with Crippen LogP contribution in [0.15, 0.2) is 18.2 Å². The molecule has 0 aliphatic rings. The molecule has 0 bridgehead atoms. The number of carbonyl (C=O) groups excluding carboxylic acids is 2. The average Bonchev–Trinajstić information content (AvgIpc) is 2.38. The van der Waals surface area contributed by atoms with Crippen LogP contribution in [0.2, 0.25) is 0 Å². The van der Waals surface area contributed by atoms with Crippen LogP contribution in [0.5, 0.6) is 5.75 Å². The summed E-state index contributed by atoms with van der Waals surface area (Å²) in [5.41, 5.74) is 1.41. The highest BCUT2D eigenvalue weighted by Gasteiger charge is 2.09. The summed E-state index contributed by atoms with van der Waals surface area (Å²) >= 11 is 0. The lowest BCUT2D eigenvalue weighted by atomic mass is 10.0. The minimum atomic E-state index is -0.371. The number of unbranched alkanes of at least 4 members (excludes halogenated alkanes) is 1. The van der Waals surface area contributed by atoms with Crippen LogP contribution in [0.4, 0.5) is 0 Å². The van der Waals surface area contributed by atoms with Gasteiger partial charge in [0, 0.05) is 6.42 Å². The van der Waals surface area contributed by atoms with Crippen molar-refractivity contribution in [2.24, 2.45) is 0 Å². The monoisotopic (exact) mass is 236 g/mol. The Kier molecular flexibility index (Phi) is 5.20. The third-order valence-electron chi connectivity index (χ3n) is 2.47. The van der Waals surface area contributed by atoms with Crippen LogP contribution in [0.25, 0.3) is 0 Å². The van der Waals surface area contributed by atoms with Crippen LogP contribution >= 0.6 is 0 Å². The van der Waals surface area contributed by atoms with Crippen LogP contribution in [0.1, 0.15) is 28.8 Å². The van der Waals surface area contributed by atoms with E-state index in [2.05, 4.69) is 4.74 Å². The van der Waals surface area contributed by atoms with Crippen molar-refractivity contribution in [3.8, 4) is 5.75 Å². The second-order valence-electron chi connectivity index (χ2n) is 3.58. The van der Waals surface area contributed by atoms with Crippen molar-refractivity contribution in [2.75, 3.05) is 14.2 Å². The van der Waals surface area contributed by atoms with Gasteiger partial charge in [-0.25, -0.2) is 4.79 Å². The number of rotatable bonds is 6. The summed E-state index contributed by atoms with van der Waals surface area (Å²) in [5.74, 6) is 0.354. The molecule has 0 fully saturated rings. The predicted molar refractivity (Wildman–Crippen MR) is 63.3 cm³/mol. The Morgan fingerprint density at radius 1 is 1.35 bits per heavy atom. The summed E-state index contributed by atoms with van der Waals surface area (Å²) < 4.78 is 9.86.